The van der Waals surface area contributed by atoms with Gasteiger partial charge in [0.05, 0.1) is 18.9 Å². The number of fused-ring (bicyclic) bond motifs is 2. The van der Waals surface area contributed by atoms with E-state index in [-0.39, 0.29) is 11.8 Å². The summed E-state index contributed by atoms with van der Waals surface area (Å²) in [6.07, 6.45) is 1.75. The summed E-state index contributed by atoms with van der Waals surface area (Å²) < 4.78 is 10.4. The van der Waals surface area contributed by atoms with Gasteiger partial charge in [0.15, 0.2) is 11.0 Å². The normalized spacial score (nSPS) is 11.6. The van der Waals surface area contributed by atoms with Gasteiger partial charge in [-0.25, -0.2) is 4.57 Å². The highest BCUT2D eigenvalue weighted by Gasteiger charge is 2.33. The summed E-state index contributed by atoms with van der Waals surface area (Å²) in [6.45, 7) is 11.2. The monoisotopic (exact) mass is 600 g/mol. The van der Waals surface area contributed by atoms with Crippen molar-refractivity contribution in [2.24, 2.45) is 7.05 Å². The number of hydrogen-bond donors (Lipinski definition) is 0. The van der Waals surface area contributed by atoms with Gasteiger partial charge in [0.2, 0.25) is 0 Å². The first-order valence-electron chi connectivity index (χ1n) is 16.0. The van der Waals surface area contributed by atoms with Crippen LogP contribution >= 0.6 is 0 Å². The number of nitrogens with zero attached hydrogens (tertiary/aromatic N) is 3. The van der Waals surface area contributed by atoms with E-state index in [1.165, 1.54) is 33.4 Å². The fourth-order valence-electron chi connectivity index (χ4n) is 6.92. The first kappa shape index (κ1) is 29.3. The molecule has 0 saturated carbocycles. The predicted molar refractivity (Wildman–Crippen MR) is 188 cm³/mol. The van der Waals surface area contributed by atoms with Gasteiger partial charge < -0.3 is 4.42 Å². The average Bonchev–Trinajstić information content (AvgIpc) is 3.68. The molecule has 0 spiro atoms. The third-order valence-electron chi connectivity index (χ3n) is 9.36. The van der Waals surface area contributed by atoms with Crippen molar-refractivity contribution in [3.05, 3.63) is 132 Å². The minimum absolute atomic E-state index is 0.235. The second-order valence-corrected chi connectivity index (χ2v) is 12.8. The molecule has 0 aliphatic carbocycles. The molecular weight excluding hydrogens is 562 g/mol. The first-order valence-corrected chi connectivity index (χ1v) is 16.0. The molecule has 46 heavy (non-hydrogen) atoms. The zero-order chi connectivity index (χ0) is 32.1. The number of imidazole rings is 1. The number of hydrogen-bond acceptors (Lipinski definition) is 2. The number of para-hydroxylation sites is 1. The molecule has 0 fully saturated rings. The van der Waals surface area contributed by atoms with Gasteiger partial charge in [0.1, 0.15) is 22.9 Å². The van der Waals surface area contributed by atoms with Crippen LogP contribution in [0, 0.1) is 18.3 Å². The lowest BCUT2D eigenvalue weighted by molar-refractivity contribution is -0.633. The summed E-state index contributed by atoms with van der Waals surface area (Å²) in [6, 6.07) is 38.9. The molecule has 4 heteroatoms. The molecule has 0 amide bonds. The minimum atomic E-state index is 0.235. The maximum Gasteiger partial charge on any atom is 0.295 e. The molecule has 0 N–H and O–H groups in total. The Balaban J connectivity index is 1.54. The largest absolute Gasteiger partial charge is 0.464 e. The minimum Gasteiger partial charge on any atom is -0.464 e. The van der Waals surface area contributed by atoms with Crippen molar-refractivity contribution in [3.8, 4) is 45.4 Å². The summed E-state index contributed by atoms with van der Waals surface area (Å²) in [5.41, 5.74) is 14.2. The Morgan fingerprint density at radius 3 is 1.98 bits per heavy atom. The van der Waals surface area contributed by atoms with E-state index in [1.807, 2.05) is 18.2 Å². The molecule has 0 unspecified atom stereocenters. The van der Waals surface area contributed by atoms with Gasteiger partial charge in [-0.15, -0.1) is 0 Å². The fourth-order valence-corrected chi connectivity index (χ4v) is 6.92. The van der Waals surface area contributed by atoms with Crippen LogP contribution in [0.5, 0.6) is 0 Å². The lowest BCUT2D eigenvalue weighted by atomic mass is 9.87. The number of aryl methyl sites for hydroxylation is 2. The van der Waals surface area contributed by atoms with Crippen molar-refractivity contribution in [3.63, 3.8) is 0 Å². The zero-order valence-electron chi connectivity index (χ0n) is 27.3. The van der Waals surface area contributed by atoms with E-state index >= 15 is 0 Å². The van der Waals surface area contributed by atoms with Crippen LogP contribution in [-0.2, 0) is 7.05 Å². The molecule has 2 heterocycles. The Kier molecular flexibility index (Phi) is 7.34. The quantitative estimate of drug-likeness (QED) is 0.178. The second kappa shape index (κ2) is 11.5. The van der Waals surface area contributed by atoms with Gasteiger partial charge in [0, 0.05) is 16.5 Å². The number of rotatable bonds is 6. The summed E-state index contributed by atoms with van der Waals surface area (Å²) in [4.78, 5) is 0. The Hall–Kier alpha value is -5.40. The third kappa shape index (κ3) is 4.71. The summed E-state index contributed by atoms with van der Waals surface area (Å²) in [5, 5.41) is 11.5. The number of aromatic nitrogens is 2. The molecule has 0 radical (unpaired) electrons. The topological polar surface area (TPSA) is 45.7 Å². The Morgan fingerprint density at radius 2 is 1.35 bits per heavy atom. The smallest absolute Gasteiger partial charge is 0.295 e. The van der Waals surface area contributed by atoms with Gasteiger partial charge in [-0.05, 0) is 89.0 Å². The lowest BCUT2D eigenvalue weighted by Crippen LogP contribution is -2.30. The van der Waals surface area contributed by atoms with E-state index in [0.717, 1.165) is 44.6 Å². The summed E-state index contributed by atoms with van der Waals surface area (Å²) >= 11 is 0. The molecule has 0 aliphatic rings. The van der Waals surface area contributed by atoms with Crippen molar-refractivity contribution >= 4 is 22.0 Å². The van der Waals surface area contributed by atoms with Crippen LogP contribution < -0.4 is 4.57 Å². The zero-order valence-corrected chi connectivity index (χ0v) is 27.3. The molecule has 0 bridgehead atoms. The van der Waals surface area contributed by atoms with E-state index in [1.54, 1.807) is 6.26 Å². The van der Waals surface area contributed by atoms with Crippen molar-refractivity contribution in [1.29, 1.82) is 5.26 Å². The Labute approximate surface area is 270 Å². The third-order valence-corrected chi connectivity index (χ3v) is 9.36. The molecule has 5 aromatic carbocycles. The highest BCUT2D eigenvalue weighted by atomic mass is 16.3. The Bertz CT molecular complexity index is 2250. The lowest BCUT2D eigenvalue weighted by Gasteiger charge is -2.21. The molecule has 0 atom stereocenters. The molecule has 7 aromatic rings. The number of nitriles is 1. The highest BCUT2D eigenvalue weighted by Crippen LogP contribution is 2.41. The second-order valence-electron chi connectivity index (χ2n) is 12.8. The van der Waals surface area contributed by atoms with Crippen LogP contribution in [0.2, 0.25) is 0 Å². The fraction of sp³-hybridized carbons (Fsp3) is 0.190. The average molecular weight is 601 g/mol. The van der Waals surface area contributed by atoms with Crippen LogP contribution in [0.4, 0.5) is 0 Å². The molecule has 0 saturated heterocycles. The SMILES string of the molecule is Cc1c(-c2n(-c3c(C(C)C)cc(-c4ccc(-c5ccccc5)cc4)cc3C(C)C)c3c(C#N)cccc3[n+]2C)ccc2occc12. The molecule has 7 rings (SSSR count). The van der Waals surface area contributed by atoms with Crippen molar-refractivity contribution < 1.29 is 8.98 Å². The highest BCUT2D eigenvalue weighted by molar-refractivity contribution is 5.90. The van der Waals surface area contributed by atoms with Crippen LogP contribution in [0.1, 0.15) is 61.8 Å². The van der Waals surface area contributed by atoms with Crippen LogP contribution in [0.15, 0.2) is 114 Å². The summed E-state index contributed by atoms with van der Waals surface area (Å²) in [7, 11) is 2.11. The number of furan rings is 1. The number of benzene rings is 5. The molecule has 2 aromatic heterocycles. The van der Waals surface area contributed by atoms with E-state index in [0.29, 0.717) is 5.56 Å². The van der Waals surface area contributed by atoms with Crippen LogP contribution in [0.25, 0.3) is 61.3 Å². The van der Waals surface area contributed by atoms with E-state index < -0.39 is 0 Å². The predicted octanol–water partition coefficient (Wildman–Crippen LogP) is 10.6. The summed E-state index contributed by atoms with van der Waals surface area (Å²) in [5.74, 6) is 1.51. The van der Waals surface area contributed by atoms with Crippen molar-refractivity contribution in [2.75, 3.05) is 0 Å². The molecular formula is C42H38N3O+. The van der Waals surface area contributed by atoms with Crippen LogP contribution in [0.3, 0.4) is 0 Å². The molecule has 226 valence electrons. The molecule has 0 aliphatic heterocycles. The van der Waals surface area contributed by atoms with Gasteiger partial charge >= 0.3 is 0 Å². The first-order chi connectivity index (χ1) is 22.3. The van der Waals surface area contributed by atoms with Crippen molar-refractivity contribution in [1.82, 2.24) is 4.57 Å². The molecule has 4 nitrogen and oxygen atoms in total. The van der Waals surface area contributed by atoms with Gasteiger partial charge in [-0.3, -0.25) is 0 Å². The standard InChI is InChI=1S/C42H38N3O/c1-26(2)36-23-33(31-17-15-30(16-18-31)29-11-8-7-9-12-29)24-37(27(3)4)41(36)45-40-32(25-43)13-10-14-38(40)44(6)42(45)35-19-20-39-34(28(35)5)21-22-46-39/h7-24,26-27H,1-6H3/q+1. The maximum absolute atomic E-state index is 10.4. The van der Waals surface area contributed by atoms with Gasteiger partial charge in [0.25, 0.3) is 5.82 Å². The Morgan fingerprint density at radius 1 is 0.717 bits per heavy atom. The van der Waals surface area contributed by atoms with Gasteiger partial charge in [-0.1, -0.05) is 88.4 Å². The van der Waals surface area contributed by atoms with E-state index in [4.69, 9.17) is 4.42 Å². The van der Waals surface area contributed by atoms with Crippen molar-refractivity contribution in [2.45, 2.75) is 46.5 Å². The van der Waals surface area contributed by atoms with E-state index in [2.05, 4.69) is 142 Å². The maximum atomic E-state index is 10.4. The van der Waals surface area contributed by atoms with E-state index in [9.17, 15) is 5.26 Å². The van der Waals surface area contributed by atoms with Gasteiger partial charge in [-0.2, -0.15) is 9.83 Å². The van der Waals surface area contributed by atoms with Crippen LogP contribution in [-0.4, -0.2) is 4.57 Å².